The van der Waals surface area contributed by atoms with E-state index >= 15 is 0 Å². The Hall–Kier alpha value is -2.66. The number of aliphatic carboxylic acids is 1. The van der Waals surface area contributed by atoms with Gasteiger partial charge in [0.1, 0.15) is 6.54 Å². The van der Waals surface area contributed by atoms with Crippen LogP contribution in [-0.2, 0) is 22.6 Å². The first-order valence-corrected chi connectivity index (χ1v) is 7.73. The summed E-state index contributed by atoms with van der Waals surface area (Å²) in [7, 11) is 1.59. The Balaban J connectivity index is 2.12. The van der Waals surface area contributed by atoms with Crippen LogP contribution in [0.3, 0.4) is 0 Å². The molecular weight excluding hydrogens is 306 g/mol. The van der Waals surface area contributed by atoms with E-state index in [4.69, 9.17) is 9.84 Å². The number of methoxy groups -OCH3 is 1. The molecule has 2 rings (SSSR count). The molecule has 0 saturated heterocycles. The average Bonchev–Trinajstić information content (AvgIpc) is 2.59. The van der Waals surface area contributed by atoms with Gasteiger partial charge in [0.05, 0.1) is 6.61 Å². The molecule has 0 aliphatic heterocycles. The van der Waals surface area contributed by atoms with Gasteiger partial charge in [0.2, 0.25) is 0 Å². The Kier molecular flexibility index (Phi) is 6.51. The molecule has 2 aromatic carbocycles. The van der Waals surface area contributed by atoms with Gasteiger partial charge in [-0.1, -0.05) is 42.5 Å². The molecule has 0 aliphatic rings. The molecule has 1 N–H and O–H groups in total. The molecule has 0 spiro atoms. The first kappa shape index (κ1) is 17.7. The standard InChI is InChI=1S/C19H21NO4/c1-24-14-16-8-5-9-17(12-16)19(23)20(13-18(21)22)11-10-15-6-3-2-4-7-15/h2-9,12H,10-11,13-14H2,1H3,(H,21,22). The molecule has 0 fully saturated rings. The van der Waals surface area contributed by atoms with Crippen LogP contribution in [0.15, 0.2) is 54.6 Å². The van der Waals surface area contributed by atoms with E-state index < -0.39 is 5.97 Å². The van der Waals surface area contributed by atoms with Gasteiger partial charge in [-0.3, -0.25) is 9.59 Å². The maximum atomic E-state index is 12.7. The molecule has 0 bridgehead atoms. The van der Waals surface area contributed by atoms with Crippen LogP contribution in [-0.4, -0.2) is 42.1 Å². The van der Waals surface area contributed by atoms with Crippen LogP contribution >= 0.6 is 0 Å². The van der Waals surface area contributed by atoms with Crippen molar-refractivity contribution >= 4 is 11.9 Å². The first-order valence-electron chi connectivity index (χ1n) is 7.73. The maximum absolute atomic E-state index is 12.7. The van der Waals surface area contributed by atoms with E-state index in [9.17, 15) is 9.59 Å². The molecule has 0 aliphatic carbocycles. The second-order valence-electron chi connectivity index (χ2n) is 5.49. The third-order valence-electron chi connectivity index (χ3n) is 3.61. The van der Waals surface area contributed by atoms with E-state index in [0.717, 1.165) is 11.1 Å². The first-order chi connectivity index (χ1) is 11.6. The smallest absolute Gasteiger partial charge is 0.323 e. The van der Waals surface area contributed by atoms with E-state index in [1.165, 1.54) is 4.90 Å². The molecule has 126 valence electrons. The number of carbonyl (C=O) groups excluding carboxylic acids is 1. The SMILES string of the molecule is COCc1cccc(C(=O)N(CCc2ccccc2)CC(=O)O)c1. The monoisotopic (exact) mass is 327 g/mol. The summed E-state index contributed by atoms with van der Waals surface area (Å²) in [5.74, 6) is -1.31. The quantitative estimate of drug-likeness (QED) is 0.809. The number of nitrogens with zero attached hydrogens (tertiary/aromatic N) is 1. The van der Waals surface area contributed by atoms with Gasteiger partial charge in [-0.2, -0.15) is 0 Å². The van der Waals surface area contributed by atoms with E-state index in [1.54, 1.807) is 25.3 Å². The number of amides is 1. The second kappa shape index (κ2) is 8.84. The lowest BCUT2D eigenvalue weighted by atomic mass is 10.1. The highest BCUT2D eigenvalue weighted by molar-refractivity contribution is 5.96. The lowest BCUT2D eigenvalue weighted by molar-refractivity contribution is -0.137. The number of carboxylic acid groups (broad SMARTS) is 1. The molecule has 5 heteroatoms. The van der Waals surface area contributed by atoms with Crippen molar-refractivity contribution in [2.75, 3.05) is 20.2 Å². The van der Waals surface area contributed by atoms with Crippen LogP contribution in [0.5, 0.6) is 0 Å². The number of carboxylic acids is 1. The molecular formula is C19H21NO4. The van der Waals surface area contributed by atoms with Gasteiger partial charge in [0.15, 0.2) is 0 Å². The lowest BCUT2D eigenvalue weighted by Crippen LogP contribution is -2.37. The zero-order chi connectivity index (χ0) is 17.4. The van der Waals surface area contributed by atoms with Crippen molar-refractivity contribution in [1.82, 2.24) is 4.90 Å². The van der Waals surface area contributed by atoms with Crippen LogP contribution in [0, 0.1) is 0 Å². The molecule has 0 atom stereocenters. The molecule has 0 radical (unpaired) electrons. The topological polar surface area (TPSA) is 66.8 Å². The zero-order valence-electron chi connectivity index (χ0n) is 13.6. The minimum Gasteiger partial charge on any atom is -0.480 e. The number of hydrogen-bond acceptors (Lipinski definition) is 3. The van der Waals surface area contributed by atoms with Crippen molar-refractivity contribution in [3.8, 4) is 0 Å². The molecule has 0 saturated carbocycles. The summed E-state index contributed by atoms with van der Waals surface area (Å²) in [6.07, 6.45) is 0.609. The molecule has 0 unspecified atom stereocenters. The molecule has 1 amide bonds. The van der Waals surface area contributed by atoms with E-state index in [0.29, 0.717) is 25.1 Å². The average molecular weight is 327 g/mol. The number of benzene rings is 2. The van der Waals surface area contributed by atoms with Gasteiger partial charge < -0.3 is 14.7 Å². The molecule has 2 aromatic rings. The summed E-state index contributed by atoms with van der Waals surface area (Å²) in [5.41, 5.74) is 2.41. The number of hydrogen-bond donors (Lipinski definition) is 1. The Labute approximate surface area is 141 Å². The predicted octanol–water partition coefficient (Wildman–Crippen LogP) is 2.60. The fourth-order valence-electron chi connectivity index (χ4n) is 2.47. The second-order valence-corrected chi connectivity index (χ2v) is 5.49. The number of carbonyl (C=O) groups is 2. The minimum atomic E-state index is -1.02. The Morgan fingerprint density at radius 1 is 1.04 bits per heavy atom. The fraction of sp³-hybridized carbons (Fsp3) is 0.263. The molecule has 0 heterocycles. The van der Waals surface area contributed by atoms with Gasteiger partial charge in [0, 0.05) is 19.2 Å². The summed E-state index contributed by atoms with van der Waals surface area (Å²) >= 11 is 0. The highest BCUT2D eigenvalue weighted by Gasteiger charge is 2.18. The highest BCUT2D eigenvalue weighted by Crippen LogP contribution is 2.11. The zero-order valence-corrected chi connectivity index (χ0v) is 13.6. The Morgan fingerprint density at radius 2 is 1.75 bits per heavy atom. The van der Waals surface area contributed by atoms with Crippen LogP contribution in [0.4, 0.5) is 0 Å². The van der Waals surface area contributed by atoms with E-state index in [2.05, 4.69) is 0 Å². The van der Waals surface area contributed by atoms with Crippen molar-refractivity contribution in [3.05, 3.63) is 71.3 Å². The molecule has 0 aromatic heterocycles. The van der Waals surface area contributed by atoms with Crippen LogP contribution in [0.1, 0.15) is 21.5 Å². The predicted molar refractivity (Wildman–Crippen MR) is 90.8 cm³/mol. The van der Waals surface area contributed by atoms with Crippen LogP contribution in [0.2, 0.25) is 0 Å². The van der Waals surface area contributed by atoms with Crippen molar-refractivity contribution in [1.29, 1.82) is 0 Å². The minimum absolute atomic E-state index is 0.286. The summed E-state index contributed by atoms with van der Waals surface area (Å²) in [6, 6.07) is 16.8. The third-order valence-corrected chi connectivity index (χ3v) is 3.61. The largest absolute Gasteiger partial charge is 0.480 e. The normalized spacial score (nSPS) is 10.4. The van der Waals surface area contributed by atoms with Crippen LogP contribution in [0.25, 0.3) is 0 Å². The maximum Gasteiger partial charge on any atom is 0.323 e. The molecule has 24 heavy (non-hydrogen) atoms. The number of rotatable bonds is 8. The van der Waals surface area contributed by atoms with Gasteiger partial charge >= 0.3 is 5.97 Å². The summed E-state index contributed by atoms with van der Waals surface area (Å²) in [5, 5.41) is 9.10. The summed E-state index contributed by atoms with van der Waals surface area (Å²) in [6.45, 7) is 0.438. The van der Waals surface area contributed by atoms with Crippen molar-refractivity contribution in [2.24, 2.45) is 0 Å². The van der Waals surface area contributed by atoms with E-state index in [1.807, 2.05) is 36.4 Å². The third kappa shape index (κ3) is 5.21. The molecule has 5 nitrogen and oxygen atoms in total. The van der Waals surface area contributed by atoms with Crippen LogP contribution < -0.4 is 0 Å². The van der Waals surface area contributed by atoms with Crippen molar-refractivity contribution in [3.63, 3.8) is 0 Å². The van der Waals surface area contributed by atoms with Crippen molar-refractivity contribution in [2.45, 2.75) is 13.0 Å². The highest BCUT2D eigenvalue weighted by atomic mass is 16.5. The Morgan fingerprint density at radius 3 is 2.42 bits per heavy atom. The lowest BCUT2D eigenvalue weighted by Gasteiger charge is -2.21. The summed E-state index contributed by atoms with van der Waals surface area (Å²) < 4.78 is 5.07. The fourth-order valence-corrected chi connectivity index (χ4v) is 2.47. The van der Waals surface area contributed by atoms with Gasteiger partial charge in [-0.25, -0.2) is 0 Å². The van der Waals surface area contributed by atoms with Gasteiger partial charge in [-0.15, -0.1) is 0 Å². The van der Waals surface area contributed by atoms with E-state index in [-0.39, 0.29) is 12.5 Å². The van der Waals surface area contributed by atoms with Crippen molar-refractivity contribution < 1.29 is 19.4 Å². The van der Waals surface area contributed by atoms with Gasteiger partial charge in [-0.05, 0) is 29.7 Å². The van der Waals surface area contributed by atoms with Gasteiger partial charge in [0.25, 0.3) is 5.91 Å². The summed E-state index contributed by atoms with van der Waals surface area (Å²) in [4.78, 5) is 25.2. The Bertz CT molecular complexity index is 685. The number of ether oxygens (including phenoxy) is 1.